The van der Waals surface area contributed by atoms with Gasteiger partial charge in [0.25, 0.3) is 0 Å². The van der Waals surface area contributed by atoms with Crippen molar-refractivity contribution < 1.29 is 9.47 Å². The quantitative estimate of drug-likeness (QED) is 0.545. The van der Waals surface area contributed by atoms with E-state index in [0.29, 0.717) is 6.04 Å². The SMILES string of the molecule is CN=C(NCC(OC)C(C)(C)C)NC1CCN(CCOC)CC1. The maximum absolute atomic E-state index is 5.59. The second-order valence-corrected chi connectivity index (χ2v) is 7.30. The van der Waals surface area contributed by atoms with E-state index in [-0.39, 0.29) is 11.5 Å². The number of hydrogen-bond acceptors (Lipinski definition) is 4. The van der Waals surface area contributed by atoms with Crippen molar-refractivity contribution in [3.8, 4) is 0 Å². The first-order chi connectivity index (χ1) is 10.9. The molecule has 1 heterocycles. The van der Waals surface area contributed by atoms with Gasteiger partial charge in [-0.15, -0.1) is 0 Å². The molecule has 1 rings (SSSR count). The van der Waals surface area contributed by atoms with Gasteiger partial charge in [0.15, 0.2) is 5.96 Å². The van der Waals surface area contributed by atoms with E-state index in [1.807, 2.05) is 7.05 Å². The second-order valence-electron chi connectivity index (χ2n) is 7.30. The second kappa shape index (κ2) is 10.1. The summed E-state index contributed by atoms with van der Waals surface area (Å²) in [6.07, 6.45) is 2.42. The Balaban J connectivity index is 2.35. The van der Waals surface area contributed by atoms with Gasteiger partial charge in [0.1, 0.15) is 0 Å². The van der Waals surface area contributed by atoms with Crippen molar-refractivity contribution in [2.24, 2.45) is 10.4 Å². The lowest BCUT2D eigenvalue weighted by atomic mass is 9.89. The van der Waals surface area contributed by atoms with Gasteiger partial charge >= 0.3 is 0 Å². The smallest absolute Gasteiger partial charge is 0.191 e. The normalized spacial score (nSPS) is 19.7. The summed E-state index contributed by atoms with van der Waals surface area (Å²) in [7, 11) is 5.35. The van der Waals surface area contributed by atoms with Crippen LogP contribution in [0.15, 0.2) is 4.99 Å². The van der Waals surface area contributed by atoms with E-state index in [2.05, 4.69) is 41.3 Å². The molecule has 6 nitrogen and oxygen atoms in total. The number of rotatable bonds is 7. The first-order valence-electron chi connectivity index (χ1n) is 8.62. The molecule has 0 radical (unpaired) electrons. The van der Waals surface area contributed by atoms with Crippen molar-refractivity contribution in [3.63, 3.8) is 0 Å². The number of hydrogen-bond donors (Lipinski definition) is 2. The monoisotopic (exact) mass is 328 g/mol. The Hall–Kier alpha value is -0.850. The van der Waals surface area contributed by atoms with Crippen LogP contribution in [-0.2, 0) is 9.47 Å². The number of ether oxygens (including phenoxy) is 2. The van der Waals surface area contributed by atoms with E-state index in [1.54, 1.807) is 14.2 Å². The van der Waals surface area contributed by atoms with Gasteiger partial charge in [0.2, 0.25) is 0 Å². The molecule has 0 amide bonds. The van der Waals surface area contributed by atoms with Gasteiger partial charge in [-0.3, -0.25) is 4.99 Å². The zero-order chi connectivity index (χ0) is 17.3. The Labute approximate surface area is 142 Å². The Morgan fingerprint density at radius 1 is 1.26 bits per heavy atom. The molecule has 1 saturated heterocycles. The van der Waals surface area contributed by atoms with Crippen LogP contribution < -0.4 is 10.6 Å². The number of nitrogens with zero attached hydrogens (tertiary/aromatic N) is 2. The van der Waals surface area contributed by atoms with Gasteiger partial charge in [-0.25, -0.2) is 0 Å². The molecule has 1 aliphatic heterocycles. The molecule has 1 atom stereocenters. The highest BCUT2D eigenvalue weighted by atomic mass is 16.5. The summed E-state index contributed by atoms with van der Waals surface area (Å²) in [5.74, 6) is 0.867. The Kier molecular flexibility index (Phi) is 8.87. The van der Waals surface area contributed by atoms with E-state index < -0.39 is 0 Å². The predicted molar refractivity (Wildman–Crippen MR) is 96.1 cm³/mol. The highest BCUT2D eigenvalue weighted by Gasteiger charge is 2.25. The Morgan fingerprint density at radius 3 is 2.39 bits per heavy atom. The van der Waals surface area contributed by atoms with Gasteiger partial charge in [-0.1, -0.05) is 20.8 Å². The molecule has 1 aliphatic rings. The molecular weight excluding hydrogens is 292 g/mol. The minimum atomic E-state index is 0.104. The number of nitrogens with one attached hydrogen (secondary N) is 2. The summed E-state index contributed by atoms with van der Waals surface area (Å²) in [6, 6.07) is 0.482. The molecule has 2 N–H and O–H groups in total. The predicted octanol–water partition coefficient (Wildman–Crippen LogP) is 1.32. The number of likely N-dealkylation sites (tertiary alicyclic amines) is 1. The molecule has 0 saturated carbocycles. The van der Waals surface area contributed by atoms with Crippen LogP contribution in [0.4, 0.5) is 0 Å². The molecular formula is C17H36N4O2. The Morgan fingerprint density at radius 2 is 1.91 bits per heavy atom. The molecule has 0 bridgehead atoms. The largest absolute Gasteiger partial charge is 0.383 e. The summed E-state index contributed by atoms with van der Waals surface area (Å²) in [5, 5.41) is 6.94. The lowest BCUT2D eigenvalue weighted by Crippen LogP contribution is -2.51. The average Bonchev–Trinajstić information content (AvgIpc) is 2.52. The van der Waals surface area contributed by atoms with E-state index in [9.17, 15) is 0 Å². The maximum atomic E-state index is 5.59. The summed E-state index contributed by atoms with van der Waals surface area (Å²) in [5.41, 5.74) is 0.104. The van der Waals surface area contributed by atoms with Crippen LogP contribution in [0.3, 0.4) is 0 Å². The van der Waals surface area contributed by atoms with Crippen molar-refractivity contribution in [2.75, 3.05) is 54.1 Å². The fraction of sp³-hybridized carbons (Fsp3) is 0.941. The molecule has 1 fully saturated rings. The van der Waals surface area contributed by atoms with Crippen LogP contribution in [-0.4, -0.2) is 77.1 Å². The van der Waals surface area contributed by atoms with Crippen LogP contribution in [0.2, 0.25) is 0 Å². The number of aliphatic imine (C=N–C) groups is 1. The first-order valence-corrected chi connectivity index (χ1v) is 8.62. The van der Waals surface area contributed by atoms with E-state index in [4.69, 9.17) is 9.47 Å². The third-order valence-corrected chi connectivity index (χ3v) is 4.47. The molecule has 0 aromatic heterocycles. The molecule has 23 heavy (non-hydrogen) atoms. The summed E-state index contributed by atoms with van der Waals surface area (Å²) >= 11 is 0. The van der Waals surface area contributed by atoms with Crippen LogP contribution in [0.5, 0.6) is 0 Å². The average molecular weight is 329 g/mol. The van der Waals surface area contributed by atoms with Crippen LogP contribution in [0, 0.1) is 5.41 Å². The summed E-state index contributed by atoms with van der Waals surface area (Å²) in [6.45, 7) is 11.4. The maximum Gasteiger partial charge on any atom is 0.191 e. The van der Waals surface area contributed by atoms with Crippen molar-refractivity contribution in [1.29, 1.82) is 0 Å². The molecule has 0 aliphatic carbocycles. The molecule has 1 unspecified atom stereocenters. The van der Waals surface area contributed by atoms with E-state index in [0.717, 1.165) is 51.6 Å². The first kappa shape index (κ1) is 20.2. The third-order valence-electron chi connectivity index (χ3n) is 4.47. The van der Waals surface area contributed by atoms with Crippen molar-refractivity contribution in [1.82, 2.24) is 15.5 Å². The van der Waals surface area contributed by atoms with Crippen LogP contribution in [0.1, 0.15) is 33.6 Å². The summed E-state index contributed by atoms with van der Waals surface area (Å²) in [4.78, 5) is 6.80. The van der Waals surface area contributed by atoms with Gasteiger partial charge in [-0.05, 0) is 18.3 Å². The highest BCUT2D eigenvalue weighted by Crippen LogP contribution is 2.20. The number of guanidine groups is 1. The minimum Gasteiger partial charge on any atom is -0.383 e. The fourth-order valence-electron chi connectivity index (χ4n) is 2.84. The highest BCUT2D eigenvalue weighted by molar-refractivity contribution is 5.80. The standard InChI is InChI=1S/C17H36N4O2/c1-17(2,3)15(23-6)13-19-16(18-4)20-14-7-9-21(10-8-14)11-12-22-5/h14-15H,7-13H2,1-6H3,(H2,18,19,20). The lowest BCUT2D eigenvalue weighted by Gasteiger charge is -2.34. The topological polar surface area (TPSA) is 58.1 Å². The fourth-order valence-corrected chi connectivity index (χ4v) is 2.84. The van der Waals surface area contributed by atoms with Gasteiger partial charge < -0.3 is 25.0 Å². The van der Waals surface area contributed by atoms with Crippen molar-refractivity contribution in [3.05, 3.63) is 0 Å². The number of methoxy groups -OCH3 is 2. The zero-order valence-electron chi connectivity index (χ0n) is 15.8. The zero-order valence-corrected chi connectivity index (χ0v) is 15.8. The number of piperidine rings is 1. The van der Waals surface area contributed by atoms with Crippen molar-refractivity contribution in [2.45, 2.75) is 45.8 Å². The molecule has 136 valence electrons. The van der Waals surface area contributed by atoms with Gasteiger partial charge in [0.05, 0.1) is 12.7 Å². The minimum absolute atomic E-state index is 0.104. The lowest BCUT2D eigenvalue weighted by molar-refractivity contribution is 0.0204. The van der Waals surface area contributed by atoms with E-state index in [1.165, 1.54) is 0 Å². The molecule has 0 aromatic carbocycles. The van der Waals surface area contributed by atoms with Crippen molar-refractivity contribution >= 4 is 5.96 Å². The third kappa shape index (κ3) is 7.50. The van der Waals surface area contributed by atoms with Crippen LogP contribution in [0.25, 0.3) is 0 Å². The van der Waals surface area contributed by atoms with Crippen LogP contribution >= 0.6 is 0 Å². The molecule has 0 spiro atoms. The van der Waals surface area contributed by atoms with Gasteiger partial charge in [-0.2, -0.15) is 0 Å². The van der Waals surface area contributed by atoms with E-state index >= 15 is 0 Å². The molecule has 0 aromatic rings. The molecule has 6 heteroatoms. The Bertz CT molecular complexity index is 347. The van der Waals surface area contributed by atoms with Gasteiger partial charge in [0, 0.05) is 53.5 Å². The summed E-state index contributed by atoms with van der Waals surface area (Å²) < 4.78 is 10.7.